The molecule has 19 heavy (non-hydrogen) atoms. The number of aryl methyl sites for hydroxylation is 1. The Morgan fingerprint density at radius 2 is 2.05 bits per heavy atom. The standard InChI is InChI=1S/C15H22N4/c1-10-9-17-19-13(16)8-12(18-14(10)19)11(2)15(3)6-4-5-7-15/h8-9,11H,4-7,16H2,1-3H3/t11-/m1/s1. The maximum Gasteiger partial charge on any atom is 0.160 e. The summed E-state index contributed by atoms with van der Waals surface area (Å²) in [6.45, 7) is 6.70. The lowest BCUT2D eigenvalue weighted by Crippen LogP contribution is -2.21. The Labute approximate surface area is 114 Å². The Morgan fingerprint density at radius 3 is 2.74 bits per heavy atom. The maximum atomic E-state index is 6.11. The van der Waals surface area contributed by atoms with Gasteiger partial charge in [0.25, 0.3) is 0 Å². The van der Waals surface area contributed by atoms with Crippen molar-refractivity contribution in [2.45, 2.75) is 52.4 Å². The Morgan fingerprint density at radius 1 is 1.37 bits per heavy atom. The van der Waals surface area contributed by atoms with Gasteiger partial charge in [0.1, 0.15) is 5.82 Å². The second kappa shape index (κ2) is 4.22. The van der Waals surface area contributed by atoms with Crippen molar-refractivity contribution in [1.82, 2.24) is 14.6 Å². The first-order valence-corrected chi connectivity index (χ1v) is 7.12. The lowest BCUT2D eigenvalue weighted by atomic mass is 9.75. The van der Waals surface area contributed by atoms with E-state index in [0.29, 0.717) is 17.2 Å². The number of rotatable bonds is 2. The van der Waals surface area contributed by atoms with Gasteiger partial charge in [0.05, 0.1) is 6.20 Å². The number of anilines is 1. The van der Waals surface area contributed by atoms with Gasteiger partial charge in [-0.25, -0.2) is 4.98 Å². The van der Waals surface area contributed by atoms with E-state index in [2.05, 4.69) is 18.9 Å². The predicted octanol–water partition coefficient (Wildman–Crippen LogP) is 3.30. The summed E-state index contributed by atoms with van der Waals surface area (Å²) >= 11 is 0. The van der Waals surface area contributed by atoms with Crippen molar-refractivity contribution in [2.24, 2.45) is 5.41 Å². The van der Waals surface area contributed by atoms with Gasteiger partial charge in [0.2, 0.25) is 0 Å². The predicted molar refractivity (Wildman–Crippen MR) is 77.1 cm³/mol. The smallest absolute Gasteiger partial charge is 0.160 e. The molecule has 0 radical (unpaired) electrons. The number of hydrogen-bond donors (Lipinski definition) is 1. The van der Waals surface area contributed by atoms with Crippen LogP contribution < -0.4 is 5.73 Å². The highest BCUT2D eigenvalue weighted by Gasteiger charge is 2.36. The largest absolute Gasteiger partial charge is 0.384 e. The molecule has 1 aliphatic rings. The molecule has 4 nitrogen and oxygen atoms in total. The summed E-state index contributed by atoms with van der Waals surface area (Å²) in [5.41, 5.74) is 9.56. The van der Waals surface area contributed by atoms with Crippen LogP contribution in [0.4, 0.5) is 5.82 Å². The van der Waals surface area contributed by atoms with Crippen molar-refractivity contribution in [3.05, 3.63) is 23.5 Å². The van der Waals surface area contributed by atoms with Gasteiger partial charge in [-0.15, -0.1) is 0 Å². The molecule has 0 bridgehead atoms. The van der Waals surface area contributed by atoms with Crippen LogP contribution in [0.3, 0.4) is 0 Å². The summed E-state index contributed by atoms with van der Waals surface area (Å²) in [6.07, 6.45) is 7.08. The quantitative estimate of drug-likeness (QED) is 0.899. The molecule has 2 aromatic rings. The molecule has 0 saturated heterocycles. The van der Waals surface area contributed by atoms with Crippen LogP contribution in [0.5, 0.6) is 0 Å². The van der Waals surface area contributed by atoms with E-state index in [0.717, 1.165) is 16.9 Å². The molecule has 0 aliphatic heterocycles. The van der Waals surface area contributed by atoms with E-state index < -0.39 is 0 Å². The molecule has 102 valence electrons. The van der Waals surface area contributed by atoms with E-state index in [1.165, 1.54) is 25.7 Å². The molecular weight excluding hydrogens is 236 g/mol. The second-order valence-corrected chi connectivity index (χ2v) is 6.25. The van der Waals surface area contributed by atoms with E-state index in [1.807, 2.05) is 19.2 Å². The Bertz CT molecular complexity index is 608. The lowest BCUT2D eigenvalue weighted by Gasteiger charge is -2.31. The first-order chi connectivity index (χ1) is 9.01. The van der Waals surface area contributed by atoms with Crippen molar-refractivity contribution in [2.75, 3.05) is 5.73 Å². The Kier molecular flexibility index (Phi) is 2.77. The highest BCUT2D eigenvalue weighted by Crippen LogP contribution is 2.48. The highest BCUT2D eigenvalue weighted by atomic mass is 15.3. The van der Waals surface area contributed by atoms with Gasteiger partial charge in [-0.05, 0) is 25.2 Å². The molecule has 2 aromatic heterocycles. The zero-order chi connectivity index (χ0) is 13.6. The van der Waals surface area contributed by atoms with Gasteiger partial charge in [-0.3, -0.25) is 0 Å². The topological polar surface area (TPSA) is 56.2 Å². The minimum atomic E-state index is 0.367. The number of nitrogens with two attached hydrogens (primary N) is 1. The van der Waals surface area contributed by atoms with Gasteiger partial charge in [0, 0.05) is 23.2 Å². The summed E-state index contributed by atoms with van der Waals surface area (Å²) < 4.78 is 1.72. The molecule has 0 unspecified atom stereocenters. The minimum Gasteiger partial charge on any atom is -0.384 e. The molecule has 3 rings (SSSR count). The third-order valence-electron chi connectivity index (χ3n) is 4.93. The normalized spacial score (nSPS) is 19.9. The third-order valence-corrected chi connectivity index (χ3v) is 4.93. The zero-order valence-corrected chi connectivity index (χ0v) is 12.0. The first-order valence-electron chi connectivity index (χ1n) is 7.12. The molecular formula is C15H22N4. The van der Waals surface area contributed by atoms with Crippen LogP contribution in [0.2, 0.25) is 0 Å². The molecule has 2 N–H and O–H groups in total. The van der Waals surface area contributed by atoms with Crippen LogP contribution in [0.15, 0.2) is 12.3 Å². The van der Waals surface area contributed by atoms with Gasteiger partial charge in [-0.1, -0.05) is 26.7 Å². The summed E-state index contributed by atoms with van der Waals surface area (Å²) in [7, 11) is 0. The van der Waals surface area contributed by atoms with E-state index in [4.69, 9.17) is 10.7 Å². The number of hydrogen-bond acceptors (Lipinski definition) is 3. The van der Waals surface area contributed by atoms with Gasteiger partial charge < -0.3 is 5.73 Å². The summed E-state index contributed by atoms with van der Waals surface area (Å²) in [6, 6.07) is 1.99. The van der Waals surface area contributed by atoms with Crippen molar-refractivity contribution in [1.29, 1.82) is 0 Å². The van der Waals surface area contributed by atoms with Crippen LogP contribution >= 0.6 is 0 Å². The number of nitrogens with zero attached hydrogens (tertiary/aromatic N) is 3. The van der Waals surface area contributed by atoms with Crippen LogP contribution in [-0.4, -0.2) is 14.6 Å². The SMILES string of the molecule is Cc1cnn2c(N)cc([C@@H](C)C3(C)CCCC3)nc12. The number of fused-ring (bicyclic) bond motifs is 1. The fourth-order valence-electron chi connectivity index (χ4n) is 3.31. The molecule has 0 aromatic carbocycles. The van der Waals surface area contributed by atoms with Crippen molar-refractivity contribution in [3.8, 4) is 0 Å². The maximum absolute atomic E-state index is 6.11. The minimum absolute atomic E-state index is 0.367. The lowest BCUT2D eigenvalue weighted by molar-refractivity contribution is 0.272. The van der Waals surface area contributed by atoms with Crippen LogP contribution in [0, 0.1) is 12.3 Å². The van der Waals surface area contributed by atoms with Gasteiger partial charge in [-0.2, -0.15) is 9.61 Å². The number of nitrogen functional groups attached to an aromatic ring is 1. The Hall–Kier alpha value is -1.58. The molecule has 2 heterocycles. The van der Waals surface area contributed by atoms with Crippen LogP contribution in [-0.2, 0) is 0 Å². The average Bonchev–Trinajstić information content (AvgIpc) is 2.97. The van der Waals surface area contributed by atoms with E-state index in [1.54, 1.807) is 4.52 Å². The van der Waals surface area contributed by atoms with Gasteiger partial charge in [0.15, 0.2) is 5.65 Å². The third kappa shape index (κ3) is 1.90. The molecule has 0 spiro atoms. The Balaban J connectivity index is 2.07. The second-order valence-electron chi connectivity index (χ2n) is 6.25. The monoisotopic (exact) mass is 258 g/mol. The molecule has 1 fully saturated rings. The van der Waals surface area contributed by atoms with Gasteiger partial charge >= 0.3 is 0 Å². The van der Waals surface area contributed by atoms with Crippen molar-refractivity contribution >= 4 is 11.5 Å². The summed E-state index contributed by atoms with van der Waals surface area (Å²) in [4.78, 5) is 4.81. The summed E-state index contributed by atoms with van der Waals surface area (Å²) in [5.74, 6) is 1.12. The van der Waals surface area contributed by atoms with Crippen LogP contribution in [0.25, 0.3) is 5.65 Å². The molecule has 4 heteroatoms. The van der Waals surface area contributed by atoms with Crippen molar-refractivity contribution in [3.63, 3.8) is 0 Å². The molecule has 1 atom stereocenters. The molecule has 0 amide bonds. The molecule has 1 aliphatic carbocycles. The molecule has 1 saturated carbocycles. The average molecular weight is 258 g/mol. The highest BCUT2D eigenvalue weighted by molar-refractivity contribution is 5.52. The fourth-order valence-corrected chi connectivity index (χ4v) is 3.31. The fraction of sp³-hybridized carbons (Fsp3) is 0.600. The first kappa shape index (κ1) is 12.5. The number of aromatic nitrogens is 3. The van der Waals surface area contributed by atoms with E-state index >= 15 is 0 Å². The summed E-state index contributed by atoms with van der Waals surface area (Å²) in [5, 5.41) is 4.26. The van der Waals surface area contributed by atoms with Crippen molar-refractivity contribution < 1.29 is 0 Å². The van der Waals surface area contributed by atoms with Crippen LogP contribution in [0.1, 0.15) is 56.7 Å². The zero-order valence-electron chi connectivity index (χ0n) is 12.0. The van der Waals surface area contributed by atoms with E-state index in [9.17, 15) is 0 Å². The van der Waals surface area contributed by atoms with E-state index in [-0.39, 0.29) is 0 Å².